The SMILES string of the molecule is Cc1nc2c(Cl)nc3ccccc3c2n1CCc1ccc(CO)cc1. The van der Waals surface area contributed by atoms with Gasteiger partial charge in [0.25, 0.3) is 0 Å². The van der Waals surface area contributed by atoms with Crippen LogP contribution in [0.5, 0.6) is 0 Å². The predicted molar refractivity (Wildman–Crippen MR) is 101 cm³/mol. The topological polar surface area (TPSA) is 50.9 Å². The average molecular weight is 352 g/mol. The van der Waals surface area contributed by atoms with Crippen LogP contribution >= 0.6 is 11.6 Å². The molecular formula is C20H18ClN3O. The van der Waals surface area contributed by atoms with Gasteiger partial charge in [-0.2, -0.15) is 0 Å². The van der Waals surface area contributed by atoms with Crippen molar-refractivity contribution in [2.24, 2.45) is 0 Å². The van der Waals surface area contributed by atoms with Crippen molar-refractivity contribution < 1.29 is 5.11 Å². The number of para-hydroxylation sites is 1. The van der Waals surface area contributed by atoms with Gasteiger partial charge in [0.15, 0.2) is 5.15 Å². The van der Waals surface area contributed by atoms with E-state index in [9.17, 15) is 0 Å². The van der Waals surface area contributed by atoms with Gasteiger partial charge in [-0.05, 0) is 30.5 Å². The van der Waals surface area contributed by atoms with Gasteiger partial charge in [0, 0.05) is 11.9 Å². The van der Waals surface area contributed by atoms with Crippen LogP contribution in [0.3, 0.4) is 0 Å². The van der Waals surface area contributed by atoms with E-state index in [-0.39, 0.29) is 6.61 Å². The number of aryl methyl sites for hydroxylation is 3. The summed E-state index contributed by atoms with van der Waals surface area (Å²) in [5, 5.41) is 10.7. The van der Waals surface area contributed by atoms with Crippen molar-refractivity contribution in [2.75, 3.05) is 0 Å². The zero-order valence-electron chi connectivity index (χ0n) is 13.9. The van der Waals surface area contributed by atoms with Crippen LogP contribution in [0.1, 0.15) is 17.0 Å². The number of hydrogen-bond donors (Lipinski definition) is 1. The molecule has 0 amide bonds. The van der Waals surface area contributed by atoms with E-state index in [1.165, 1.54) is 5.56 Å². The third kappa shape index (κ3) is 2.88. The van der Waals surface area contributed by atoms with Gasteiger partial charge in [-0.1, -0.05) is 54.1 Å². The van der Waals surface area contributed by atoms with Gasteiger partial charge in [-0.3, -0.25) is 0 Å². The molecule has 0 fully saturated rings. The fourth-order valence-corrected chi connectivity index (χ4v) is 3.46. The summed E-state index contributed by atoms with van der Waals surface area (Å²) in [6.45, 7) is 2.88. The minimum Gasteiger partial charge on any atom is -0.392 e. The van der Waals surface area contributed by atoms with Gasteiger partial charge in [0.05, 0.1) is 17.6 Å². The molecule has 0 aliphatic carbocycles. The van der Waals surface area contributed by atoms with Crippen molar-refractivity contribution >= 4 is 33.5 Å². The van der Waals surface area contributed by atoms with E-state index in [1.54, 1.807) is 0 Å². The number of hydrogen-bond acceptors (Lipinski definition) is 3. The Morgan fingerprint density at radius 1 is 1.00 bits per heavy atom. The maximum Gasteiger partial charge on any atom is 0.157 e. The Morgan fingerprint density at radius 2 is 1.72 bits per heavy atom. The molecule has 0 radical (unpaired) electrons. The number of rotatable bonds is 4. The fraction of sp³-hybridized carbons (Fsp3) is 0.200. The summed E-state index contributed by atoms with van der Waals surface area (Å²) in [6.07, 6.45) is 0.881. The van der Waals surface area contributed by atoms with E-state index in [0.29, 0.717) is 5.15 Å². The summed E-state index contributed by atoms with van der Waals surface area (Å²) in [5.41, 5.74) is 4.83. The first-order chi connectivity index (χ1) is 12.2. The molecule has 0 aliphatic heterocycles. The number of nitrogens with zero attached hydrogens (tertiary/aromatic N) is 3. The van der Waals surface area contributed by atoms with Crippen molar-refractivity contribution in [3.63, 3.8) is 0 Å². The largest absolute Gasteiger partial charge is 0.392 e. The molecule has 0 saturated carbocycles. The van der Waals surface area contributed by atoms with Crippen LogP contribution in [-0.2, 0) is 19.6 Å². The summed E-state index contributed by atoms with van der Waals surface area (Å²) in [6, 6.07) is 16.1. The third-order valence-corrected chi connectivity index (χ3v) is 4.82. The molecule has 2 aromatic carbocycles. The van der Waals surface area contributed by atoms with Gasteiger partial charge < -0.3 is 9.67 Å². The van der Waals surface area contributed by atoms with Gasteiger partial charge in [0.2, 0.25) is 0 Å². The zero-order valence-corrected chi connectivity index (χ0v) is 14.7. The lowest BCUT2D eigenvalue weighted by atomic mass is 10.1. The number of fused-ring (bicyclic) bond motifs is 3. The van der Waals surface area contributed by atoms with E-state index >= 15 is 0 Å². The molecule has 0 atom stereocenters. The molecule has 4 aromatic rings. The summed E-state index contributed by atoms with van der Waals surface area (Å²) in [4.78, 5) is 9.10. The van der Waals surface area contributed by atoms with Crippen LogP contribution in [0.4, 0.5) is 0 Å². The highest BCUT2D eigenvalue weighted by Crippen LogP contribution is 2.29. The van der Waals surface area contributed by atoms with Crippen molar-refractivity contribution in [1.82, 2.24) is 14.5 Å². The summed E-state index contributed by atoms with van der Waals surface area (Å²) in [5.74, 6) is 0.932. The number of pyridine rings is 1. The average Bonchev–Trinajstić information content (AvgIpc) is 2.98. The number of aliphatic hydroxyl groups excluding tert-OH is 1. The lowest BCUT2D eigenvalue weighted by molar-refractivity contribution is 0.282. The molecular weight excluding hydrogens is 334 g/mol. The minimum absolute atomic E-state index is 0.0725. The Morgan fingerprint density at radius 3 is 2.48 bits per heavy atom. The molecule has 0 bridgehead atoms. The van der Waals surface area contributed by atoms with Crippen LogP contribution in [0.25, 0.3) is 21.9 Å². The maximum absolute atomic E-state index is 9.16. The molecule has 126 valence electrons. The lowest BCUT2D eigenvalue weighted by Crippen LogP contribution is -2.04. The van der Waals surface area contributed by atoms with Crippen molar-refractivity contribution in [2.45, 2.75) is 26.5 Å². The Hall–Kier alpha value is -2.43. The second-order valence-electron chi connectivity index (χ2n) is 6.15. The third-order valence-electron chi connectivity index (χ3n) is 4.56. The number of aromatic nitrogens is 3. The highest BCUT2D eigenvalue weighted by molar-refractivity contribution is 6.35. The lowest BCUT2D eigenvalue weighted by Gasteiger charge is -2.09. The molecule has 1 N–H and O–H groups in total. The van der Waals surface area contributed by atoms with Crippen LogP contribution in [0.2, 0.25) is 5.15 Å². The Labute approximate surface area is 150 Å². The monoisotopic (exact) mass is 351 g/mol. The second kappa shape index (κ2) is 6.47. The first-order valence-corrected chi connectivity index (χ1v) is 8.65. The molecule has 4 rings (SSSR count). The summed E-state index contributed by atoms with van der Waals surface area (Å²) < 4.78 is 2.21. The molecule has 2 aromatic heterocycles. The van der Waals surface area contributed by atoms with Gasteiger partial charge in [-0.15, -0.1) is 0 Å². The number of imidazole rings is 1. The number of benzene rings is 2. The highest BCUT2D eigenvalue weighted by atomic mass is 35.5. The van der Waals surface area contributed by atoms with Crippen molar-refractivity contribution in [1.29, 1.82) is 0 Å². The molecule has 5 heteroatoms. The van der Waals surface area contributed by atoms with Crippen molar-refractivity contribution in [3.05, 3.63) is 70.6 Å². The smallest absolute Gasteiger partial charge is 0.157 e. The van der Waals surface area contributed by atoms with Crippen LogP contribution in [0.15, 0.2) is 48.5 Å². The molecule has 0 saturated heterocycles. The van der Waals surface area contributed by atoms with E-state index in [0.717, 1.165) is 46.3 Å². The zero-order chi connectivity index (χ0) is 17.4. The van der Waals surface area contributed by atoms with Gasteiger partial charge in [0.1, 0.15) is 11.3 Å². The molecule has 0 unspecified atom stereocenters. The van der Waals surface area contributed by atoms with E-state index < -0.39 is 0 Å². The molecule has 4 nitrogen and oxygen atoms in total. The van der Waals surface area contributed by atoms with E-state index in [4.69, 9.17) is 16.7 Å². The van der Waals surface area contributed by atoms with E-state index in [1.807, 2.05) is 37.3 Å². The Bertz CT molecular complexity index is 1050. The van der Waals surface area contributed by atoms with Crippen LogP contribution in [-0.4, -0.2) is 19.6 Å². The fourth-order valence-electron chi connectivity index (χ4n) is 3.24. The molecule has 0 aliphatic rings. The quantitative estimate of drug-likeness (QED) is 0.558. The van der Waals surface area contributed by atoms with Crippen LogP contribution in [0, 0.1) is 6.92 Å². The standard InChI is InChI=1S/C20H18ClN3O/c1-13-22-18-19(16-4-2-3-5-17(16)23-20(18)21)24(13)11-10-14-6-8-15(12-25)9-7-14/h2-9,25H,10-12H2,1H3. The maximum atomic E-state index is 9.16. The Kier molecular flexibility index (Phi) is 4.15. The normalized spacial score (nSPS) is 11.5. The molecule has 25 heavy (non-hydrogen) atoms. The number of aliphatic hydroxyl groups is 1. The van der Waals surface area contributed by atoms with Gasteiger partial charge >= 0.3 is 0 Å². The highest BCUT2D eigenvalue weighted by Gasteiger charge is 2.15. The van der Waals surface area contributed by atoms with Gasteiger partial charge in [-0.25, -0.2) is 9.97 Å². The molecule has 2 heterocycles. The Balaban J connectivity index is 1.77. The summed E-state index contributed by atoms with van der Waals surface area (Å²) in [7, 11) is 0. The summed E-state index contributed by atoms with van der Waals surface area (Å²) >= 11 is 6.36. The first-order valence-electron chi connectivity index (χ1n) is 8.27. The molecule has 0 spiro atoms. The van der Waals surface area contributed by atoms with E-state index in [2.05, 4.69) is 32.7 Å². The predicted octanol–water partition coefficient (Wildman–Crippen LogP) is 4.28. The van der Waals surface area contributed by atoms with Crippen molar-refractivity contribution in [3.8, 4) is 0 Å². The van der Waals surface area contributed by atoms with Crippen LogP contribution < -0.4 is 0 Å². The number of halogens is 1. The second-order valence-corrected chi connectivity index (χ2v) is 6.51. The minimum atomic E-state index is 0.0725. The first kappa shape index (κ1) is 16.1.